The Bertz CT molecular complexity index is 380. The summed E-state index contributed by atoms with van der Waals surface area (Å²) in [4.78, 5) is 12.0. The van der Waals surface area contributed by atoms with Crippen molar-refractivity contribution in [2.75, 3.05) is 11.9 Å². The molecule has 1 aliphatic heterocycles. The van der Waals surface area contributed by atoms with E-state index in [1.165, 1.54) is 0 Å². The molecular formula is C12H20N4O. The summed E-state index contributed by atoms with van der Waals surface area (Å²) >= 11 is 0. The number of carbonyl (C=O) groups is 1. The monoisotopic (exact) mass is 236 g/mol. The predicted octanol–water partition coefficient (Wildman–Crippen LogP) is 1.54. The molecule has 5 heteroatoms. The molecule has 0 unspecified atom stereocenters. The van der Waals surface area contributed by atoms with Crippen LogP contribution in [0.15, 0.2) is 12.3 Å². The molecule has 5 nitrogen and oxygen atoms in total. The molecule has 0 aliphatic carbocycles. The maximum Gasteiger partial charge on any atom is 0.242 e. The summed E-state index contributed by atoms with van der Waals surface area (Å²) in [7, 11) is 0. The second kappa shape index (κ2) is 5.31. The number of rotatable bonds is 3. The predicted molar refractivity (Wildman–Crippen MR) is 66.9 cm³/mol. The number of hydrogen-bond acceptors (Lipinski definition) is 3. The van der Waals surface area contributed by atoms with Crippen LogP contribution in [0.1, 0.15) is 39.2 Å². The highest BCUT2D eigenvalue weighted by molar-refractivity contribution is 5.94. The molecule has 2 N–H and O–H groups in total. The van der Waals surface area contributed by atoms with E-state index in [1.807, 2.05) is 24.6 Å². The van der Waals surface area contributed by atoms with Gasteiger partial charge in [0.1, 0.15) is 5.82 Å². The smallest absolute Gasteiger partial charge is 0.242 e. The molecule has 17 heavy (non-hydrogen) atoms. The third-order valence-corrected chi connectivity index (χ3v) is 3.04. The number of piperidine rings is 1. The summed E-state index contributed by atoms with van der Waals surface area (Å²) < 4.78 is 1.82. The fourth-order valence-electron chi connectivity index (χ4n) is 2.11. The van der Waals surface area contributed by atoms with Gasteiger partial charge in [-0.1, -0.05) is 6.42 Å². The van der Waals surface area contributed by atoms with Crippen molar-refractivity contribution in [3.63, 3.8) is 0 Å². The normalized spacial score (nSPS) is 20.5. The van der Waals surface area contributed by atoms with Crippen LogP contribution in [0.25, 0.3) is 0 Å². The molecule has 2 heterocycles. The van der Waals surface area contributed by atoms with Crippen molar-refractivity contribution < 1.29 is 4.79 Å². The third-order valence-electron chi connectivity index (χ3n) is 3.04. The second-order valence-electron chi connectivity index (χ2n) is 4.75. The van der Waals surface area contributed by atoms with E-state index in [4.69, 9.17) is 0 Å². The fourth-order valence-corrected chi connectivity index (χ4v) is 2.11. The molecule has 0 saturated carbocycles. The van der Waals surface area contributed by atoms with Gasteiger partial charge in [-0.15, -0.1) is 0 Å². The van der Waals surface area contributed by atoms with E-state index in [2.05, 4.69) is 15.7 Å². The average Bonchev–Trinajstić information content (AvgIpc) is 2.78. The van der Waals surface area contributed by atoms with Crippen LogP contribution in [0, 0.1) is 0 Å². The Morgan fingerprint density at radius 2 is 2.41 bits per heavy atom. The molecule has 1 aromatic rings. The van der Waals surface area contributed by atoms with Crippen LogP contribution < -0.4 is 10.6 Å². The first-order valence-corrected chi connectivity index (χ1v) is 6.26. The Morgan fingerprint density at radius 3 is 3.06 bits per heavy atom. The summed E-state index contributed by atoms with van der Waals surface area (Å²) in [5, 5.41) is 10.4. The van der Waals surface area contributed by atoms with Gasteiger partial charge in [0.25, 0.3) is 0 Å². The number of aromatic nitrogens is 2. The van der Waals surface area contributed by atoms with Crippen molar-refractivity contribution in [3.05, 3.63) is 12.3 Å². The fraction of sp³-hybridized carbons (Fsp3) is 0.667. The second-order valence-corrected chi connectivity index (χ2v) is 4.75. The summed E-state index contributed by atoms with van der Waals surface area (Å²) in [6, 6.07) is 2.03. The zero-order valence-corrected chi connectivity index (χ0v) is 10.4. The van der Waals surface area contributed by atoms with Gasteiger partial charge >= 0.3 is 0 Å². The number of anilines is 1. The van der Waals surface area contributed by atoms with E-state index in [0.717, 1.165) is 31.6 Å². The Hall–Kier alpha value is -1.36. The largest absolute Gasteiger partial charge is 0.310 e. The van der Waals surface area contributed by atoms with Gasteiger partial charge < -0.3 is 10.6 Å². The molecule has 1 atom stereocenters. The number of carbonyl (C=O) groups excluding carboxylic acids is 1. The quantitative estimate of drug-likeness (QED) is 0.837. The lowest BCUT2D eigenvalue weighted by atomic mass is 10.0. The molecule has 2 rings (SSSR count). The van der Waals surface area contributed by atoms with Crippen molar-refractivity contribution in [3.8, 4) is 0 Å². The zero-order chi connectivity index (χ0) is 12.3. The third kappa shape index (κ3) is 2.85. The first-order chi connectivity index (χ1) is 8.18. The highest BCUT2D eigenvalue weighted by Gasteiger charge is 2.21. The Morgan fingerprint density at radius 1 is 1.59 bits per heavy atom. The van der Waals surface area contributed by atoms with E-state index in [-0.39, 0.29) is 18.0 Å². The van der Waals surface area contributed by atoms with Gasteiger partial charge in [-0.3, -0.25) is 4.79 Å². The summed E-state index contributed by atoms with van der Waals surface area (Å²) in [5.74, 6) is 0.824. The molecule has 94 valence electrons. The van der Waals surface area contributed by atoms with E-state index in [1.54, 1.807) is 6.20 Å². The van der Waals surface area contributed by atoms with Crippen molar-refractivity contribution in [1.82, 2.24) is 15.1 Å². The zero-order valence-electron chi connectivity index (χ0n) is 10.4. The van der Waals surface area contributed by atoms with E-state index < -0.39 is 0 Å². The van der Waals surface area contributed by atoms with Crippen molar-refractivity contribution in [2.24, 2.45) is 0 Å². The molecule has 0 spiro atoms. The maximum absolute atomic E-state index is 12.0. The number of amides is 1. The summed E-state index contributed by atoms with van der Waals surface area (Å²) in [6.07, 6.45) is 4.91. The number of nitrogens with one attached hydrogen (secondary N) is 2. The van der Waals surface area contributed by atoms with Crippen molar-refractivity contribution in [2.45, 2.75) is 45.2 Å². The van der Waals surface area contributed by atoms with Crippen LogP contribution in [-0.2, 0) is 4.79 Å². The van der Waals surface area contributed by atoms with E-state index in [0.29, 0.717) is 0 Å². The van der Waals surface area contributed by atoms with Crippen molar-refractivity contribution >= 4 is 11.7 Å². The molecular weight excluding hydrogens is 216 g/mol. The number of hydrogen-bond donors (Lipinski definition) is 2. The first-order valence-electron chi connectivity index (χ1n) is 6.26. The molecule has 0 radical (unpaired) electrons. The average molecular weight is 236 g/mol. The Balaban J connectivity index is 1.99. The lowest BCUT2D eigenvalue weighted by Gasteiger charge is -2.23. The van der Waals surface area contributed by atoms with E-state index in [9.17, 15) is 4.79 Å². The van der Waals surface area contributed by atoms with Gasteiger partial charge in [0.2, 0.25) is 5.91 Å². The van der Waals surface area contributed by atoms with Gasteiger partial charge in [-0.25, -0.2) is 4.68 Å². The molecule has 1 aromatic heterocycles. The molecule has 0 aromatic carbocycles. The van der Waals surface area contributed by atoms with Gasteiger partial charge in [-0.2, -0.15) is 5.10 Å². The Labute approximate surface area is 102 Å². The standard InChI is InChI=1S/C12H20N4O/c1-9(2)16-11(6-8-14-16)15-12(17)10-5-3-4-7-13-10/h6,8-10,13H,3-5,7H2,1-2H3,(H,15,17)/t10-/m1/s1. The summed E-state index contributed by atoms with van der Waals surface area (Å²) in [5.41, 5.74) is 0. The summed E-state index contributed by atoms with van der Waals surface area (Å²) in [6.45, 7) is 5.02. The van der Waals surface area contributed by atoms with Crippen LogP contribution >= 0.6 is 0 Å². The molecule has 1 amide bonds. The minimum Gasteiger partial charge on any atom is -0.310 e. The van der Waals surface area contributed by atoms with Crippen LogP contribution in [0.4, 0.5) is 5.82 Å². The van der Waals surface area contributed by atoms with Crippen molar-refractivity contribution in [1.29, 1.82) is 0 Å². The minimum absolute atomic E-state index is 0.0482. The molecule has 1 saturated heterocycles. The molecule has 1 fully saturated rings. The molecule has 0 bridgehead atoms. The topological polar surface area (TPSA) is 59.0 Å². The minimum atomic E-state index is -0.0562. The van der Waals surface area contributed by atoms with Crippen LogP contribution in [0.5, 0.6) is 0 Å². The molecule has 1 aliphatic rings. The van der Waals surface area contributed by atoms with Crippen LogP contribution in [0.3, 0.4) is 0 Å². The lowest BCUT2D eigenvalue weighted by Crippen LogP contribution is -2.43. The highest BCUT2D eigenvalue weighted by Crippen LogP contribution is 2.15. The van der Waals surface area contributed by atoms with Gasteiger partial charge in [0.15, 0.2) is 0 Å². The van der Waals surface area contributed by atoms with E-state index >= 15 is 0 Å². The van der Waals surface area contributed by atoms with Gasteiger partial charge in [0, 0.05) is 12.1 Å². The van der Waals surface area contributed by atoms with Crippen LogP contribution in [-0.4, -0.2) is 28.3 Å². The first kappa shape index (κ1) is 12.1. The lowest BCUT2D eigenvalue weighted by molar-refractivity contribution is -0.118. The maximum atomic E-state index is 12.0. The van der Waals surface area contributed by atoms with Crippen LogP contribution in [0.2, 0.25) is 0 Å². The SMILES string of the molecule is CC(C)n1nccc1NC(=O)[C@H]1CCCCN1. The van der Waals surface area contributed by atoms with Gasteiger partial charge in [0.05, 0.1) is 12.2 Å². The Kier molecular flexibility index (Phi) is 3.78. The highest BCUT2D eigenvalue weighted by atomic mass is 16.2. The van der Waals surface area contributed by atoms with Gasteiger partial charge in [-0.05, 0) is 33.2 Å². The number of nitrogens with zero attached hydrogens (tertiary/aromatic N) is 2.